The zero-order valence-corrected chi connectivity index (χ0v) is 12.0. The van der Waals surface area contributed by atoms with Gasteiger partial charge in [-0.3, -0.25) is 0 Å². The van der Waals surface area contributed by atoms with Gasteiger partial charge in [0.2, 0.25) is 0 Å². The Bertz CT molecular complexity index is 227. The van der Waals surface area contributed by atoms with Gasteiger partial charge in [0.1, 0.15) is 0 Å². The first kappa shape index (κ1) is 13.4. The smallest absolute Gasteiger partial charge is 0.00823 e. The molecule has 1 heterocycles. The summed E-state index contributed by atoms with van der Waals surface area (Å²) in [5.41, 5.74) is 0.599. The summed E-state index contributed by atoms with van der Waals surface area (Å²) in [6.45, 7) is 7.40. The lowest BCUT2D eigenvalue weighted by molar-refractivity contribution is 0.195. The predicted molar refractivity (Wildman–Crippen MR) is 74.3 cm³/mol. The molecule has 2 fully saturated rings. The van der Waals surface area contributed by atoms with Crippen LogP contribution in [-0.4, -0.2) is 37.1 Å². The summed E-state index contributed by atoms with van der Waals surface area (Å²) in [5, 5.41) is 3.93. The number of nitrogens with one attached hydrogen (secondary N) is 1. The molecule has 2 rings (SSSR count). The fourth-order valence-corrected chi connectivity index (χ4v) is 3.31. The van der Waals surface area contributed by atoms with Gasteiger partial charge in [-0.2, -0.15) is 0 Å². The number of nitrogens with zero attached hydrogens (tertiary/aromatic N) is 1. The summed E-state index contributed by atoms with van der Waals surface area (Å²) in [5.74, 6) is 0. The third kappa shape index (κ3) is 4.26. The van der Waals surface area contributed by atoms with Crippen LogP contribution in [0.4, 0.5) is 0 Å². The average molecular weight is 238 g/mol. The van der Waals surface area contributed by atoms with Crippen LogP contribution >= 0.6 is 0 Å². The van der Waals surface area contributed by atoms with Crippen molar-refractivity contribution in [2.24, 2.45) is 5.41 Å². The van der Waals surface area contributed by atoms with Crippen molar-refractivity contribution in [3.05, 3.63) is 0 Å². The molecule has 0 amide bonds. The summed E-state index contributed by atoms with van der Waals surface area (Å²) >= 11 is 0. The van der Waals surface area contributed by atoms with Crippen LogP contribution in [0.1, 0.15) is 58.8 Å². The van der Waals surface area contributed by atoms with Crippen LogP contribution in [-0.2, 0) is 0 Å². The van der Waals surface area contributed by atoms with Gasteiger partial charge in [0.05, 0.1) is 0 Å². The largest absolute Gasteiger partial charge is 0.311 e. The molecule has 1 saturated heterocycles. The molecule has 0 spiro atoms. The molecular formula is C15H30N2. The molecule has 0 bridgehead atoms. The SMILES string of the molecule is CN1CCCC(NC2CCC(C)(C)CC2)CC1. The Morgan fingerprint density at radius 2 is 1.59 bits per heavy atom. The molecular weight excluding hydrogens is 208 g/mol. The molecule has 0 aromatic carbocycles. The fourth-order valence-electron chi connectivity index (χ4n) is 3.31. The third-order valence-corrected chi connectivity index (χ3v) is 4.76. The van der Waals surface area contributed by atoms with Crippen LogP contribution in [0.5, 0.6) is 0 Å². The van der Waals surface area contributed by atoms with E-state index in [1.165, 1.54) is 58.0 Å². The first-order valence-corrected chi connectivity index (χ1v) is 7.50. The third-order valence-electron chi connectivity index (χ3n) is 4.76. The molecule has 2 aliphatic rings. The van der Waals surface area contributed by atoms with Crippen LogP contribution in [0.15, 0.2) is 0 Å². The van der Waals surface area contributed by atoms with Crippen LogP contribution < -0.4 is 5.32 Å². The standard InChI is InChI=1S/C15H30N2/c1-15(2)9-6-14(7-10-15)16-13-5-4-11-17(3)12-8-13/h13-14,16H,4-12H2,1-3H3. The van der Waals surface area contributed by atoms with Gasteiger partial charge >= 0.3 is 0 Å². The van der Waals surface area contributed by atoms with E-state index in [1.54, 1.807) is 0 Å². The van der Waals surface area contributed by atoms with E-state index in [0.29, 0.717) is 5.41 Å². The Labute approximate surface area is 107 Å². The monoisotopic (exact) mass is 238 g/mol. The molecule has 2 nitrogen and oxygen atoms in total. The first-order valence-electron chi connectivity index (χ1n) is 7.50. The van der Waals surface area contributed by atoms with Crippen LogP contribution in [0, 0.1) is 5.41 Å². The zero-order chi connectivity index (χ0) is 12.3. The summed E-state index contributed by atoms with van der Waals surface area (Å²) in [6.07, 6.45) is 9.67. The maximum absolute atomic E-state index is 3.93. The fraction of sp³-hybridized carbons (Fsp3) is 1.00. The molecule has 1 aliphatic heterocycles. The van der Waals surface area contributed by atoms with Crippen molar-refractivity contribution >= 4 is 0 Å². The summed E-state index contributed by atoms with van der Waals surface area (Å²) < 4.78 is 0. The normalized spacial score (nSPS) is 32.3. The van der Waals surface area contributed by atoms with E-state index in [-0.39, 0.29) is 0 Å². The van der Waals surface area contributed by atoms with Gasteiger partial charge in [-0.05, 0) is 70.5 Å². The second-order valence-electron chi connectivity index (χ2n) is 7.04. The Morgan fingerprint density at radius 1 is 0.941 bits per heavy atom. The average Bonchev–Trinajstić information content (AvgIpc) is 2.47. The molecule has 1 unspecified atom stereocenters. The second-order valence-corrected chi connectivity index (χ2v) is 7.04. The van der Waals surface area contributed by atoms with Crippen molar-refractivity contribution in [1.29, 1.82) is 0 Å². The molecule has 17 heavy (non-hydrogen) atoms. The summed E-state index contributed by atoms with van der Waals surface area (Å²) in [7, 11) is 2.26. The number of rotatable bonds is 2. The summed E-state index contributed by atoms with van der Waals surface area (Å²) in [6, 6.07) is 1.59. The minimum absolute atomic E-state index is 0.599. The topological polar surface area (TPSA) is 15.3 Å². The number of hydrogen-bond donors (Lipinski definition) is 1. The molecule has 1 atom stereocenters. The molecule has 1 saturated carbocycles. The highest BCUT2D eigenvalue weighted by Crippen LogP contribution is 2.35. The molecule has 2 heteroatoms. The Kier molecular flexibility index (Phi) is 4.48. The highest BCUT2D eigenvalue weighted by Gasteiger charge is 2.28. The van der Waals surface area contributed by atoms with Crippen molar-refractivity contribution in [2.45, 2.75) is 70.9 Å². The van der Waals surface area contributed by atoms with Gasteiger partial charge in [-0.1, -0.05) is 13.8 Å². The minimum atomic E-state index is 0.599. The lowest BCUT2D eigenvalue weighted by Crippen LogP contribution is -2.42. The van der Waals surface area contributed by atoms with Crippen LogP contribution in [0.2, 0.25) is 0 Å². The van der Waals surface area contributed by atoms with E-state index in [2.05, 4.69) is 31.1 Å². The molecule has 1 aliphatic carbocycles. The predicted octanol–water partition coefficient (Wildman–Crippen LogP) is 3.03. The lowest BCUT2D eigenvalue weighted by Gasteiger charge is -2.36. The molecule has 0 aromatic rings. The van der Waals surface area contributed by atoms with Crippen molar-refractivity contribution < 1.29 is 0 Å². The number of hydrogen-bond acceptors (Lipinski definition) is 2. The highest BCUT2D eigenvalue weighted by molar-refractivity contribution is 4.85. The van der Waals surface area contributed by atoms with Crippen molar-refractivity contribution in [2.75, 3.05) is 20.1 Å². The van der Waals surface area contributed by atoms with E-state index in [9.17, 15) is 0 Å². The Balaban J connectivity index is 1.74. The van der Waals surface area contributed by atoms with Gasteiger partial charge < -0.3 is 10.2 Å². The zero-order valence-electron chi connectivity index (χ0n) is 12.0. The maximum atomic E-state index is 3.93. The van der Waals surface area contributed by atoms with Crippen molar-refractivity contribution in [1.82, 2.24) is 10.2 Å². The number of likely N-dealkylation sites (tertiary alicyclic amines) is 1. The van der Waals surface area contributed by atoms with E-state index in [0.717, 1.165) is 12.1 Å². The van der Waals surface area contributed by atoms with Gasteiger partial charge in [0.25, 0.3) is 0 Å². The van der Waals surface area contributed by atoms with Crippen molar-refractivity contribution in [3.63, 3.8) is 0 Å². The first-order chi connectivity index (χ1) is 8.05. The quantitative estimate of drug-likeness (QED) is 0.795. The minimum Gasteiger partial charge on any atom is -0.311 e. The van der Waals surface area contributed by atoms with E-state index in [4.69, 9.17) is 0 Å². The van der Waals surface area contributed by atoms with Gasteiger partial charge in [0.15, 0.2) is 0 Å². The second kappa shape index (κ2) is 5.71. The van der Waals surface area contributed by atoms with E-state index >= 15 is 0 Å². The Hall–Kier alpha value is -0.0800. The van der Waals surface area contributed by atoms with Crippen LogP contribution in [0.25, 0.3) is 0 Å². The van der Waals surface area contributed by atoms with Gasteiger partial charge in [0, 0.05) is 12.1 Å². The molecule has 1 N–H and O–H groups in total. The molecule has 0 aromatic heterocycles. The summed E-state index contributed by atoms with van der Waals surface area (Å²) in [4.78, 5) is 2.48. The lowest BCUT2D eigenvalue weighted by atomic mass is 9.75. The van der Waals surface area contributed by atoms with Gasteiger partial charge in [-0.25, -0.2) is 0 Å². The Morgan fingerprint density at radius 3 is 2.29 bits per heavy atom. The maximum Gasteiger partial charge on any atom is 0.00823 e. The van der Waals surface area contributed by atoms with Crippen LogP contribution in [0.3, 0.4) is 0 Å². The van der Waals surface area contributed by atoms with E-state index < -0.39 is 0 Å². The molecule has 0 radical (unpaired) electrons. The molecule has 100 valence electrons. The van der Waals surface area contributed by atoms with Crippen molar-refractivity contribution in [3.8, 4) is 0 Å². The van der Waals surface area contributed by atoms with E-state index in [1.807, 2.05) is 0 Å². The highest BCUT2D eigenvalue weighted by atomic mass is 15.1. The van der Waals surface area contributed by atoms with Gasteiger partial charge in [-0.15, -0.1) is 0 Å².